The number of rotatable bonds is 16. The van der Waals surface area contributed by atoms with E-state index < -0.39 is 23.5 Å². The van der Waals surface area contributed by atoms with Crippen LogP contribution in [0.15, 0.2) is 57.2 Å². The van der Waals surface area contributed by atoms with Gasteiger partial charge in [-0.25, -0.2) is 15.0 Å². The van der Waals surface area contributed by atoms with E-state index in [2.05, 4.69) is 55.3 Å². The maximum atomic E-state index is 14.2. The van der Waals surface area contributed by atoms with Gasteiger partial charge in [0.05, 0.1) is 39.8 Å². The smallest absolute Gasteiger partial charge is 0.254 e. The molecular weight excluding hydrogens is 929 g/mol. The Morgan fingerprint density at radius 1 is 1.09 bits per heavy atom. The summed E-state index contributed by atoms with van der Waals surface area (Å²) in [6.45, 7) is 14.3. The maximum Gasteiger partial charge on any atom is 0.254 e. The van der Waals surface area contributed by atoms with Gasteiger partial charge in [0.25, 0.3) is 5.88 Å². The molecule has 20 heteroatoms. The standard InChI is InChI=1S/C50H60N12O6S2/c1-29(2)41(47(65)62-27-34(63)22-37(62)46(64)54-25-32-11-13-33(14-12-32)43-31(4)55-28-69-43)38-23-40(58-67-38)66-21-7-6-18-60-19-9-20-61(30(3)26-60)49-53-17-15-36(56-49)45-57-48(68-59-45)50(5)16-8-10-39-42(50)35(24-51)44(52)70-39/h11-15,17,23,28-30,34,37,41,63H,6-10,16,18-22,25-27,52H2,1-5H3,(H,54,64)/t30-,34+,37-,41+,50-/m0/s1. The van der Waals surface area contributed by atoms with Crippen LogP contribution in [0.3, 0.4) is 0 Å². The molecule has 0 unspecified atom stereocenters. The summed E-state index contributed by atoms with van der Waals surface area (Å²) in [5.74, 6) is 0.601. The number of fused-ring (bicyclic) bond motifs is 1. The molecule has 2 amide bonds. The number of nitriles is 1. The Kier molecular flexibility index (Phi) is 14.6. The molecule has 9 rings (SSSR count). The average Bonchev–Trinajstić information content (AvgIpc) is 4.21. The second-order valence-corrected chi connectivity index (χ2v) is 21.2. The number of anilines is 2. The predicted octanol–water partition coefficient (Wildman–Crippen LogP) is 6.88. The van der Waals surface area contributed by atoms with E-state index in [0.29, 0.717) is 58.7 Å². The van der Waals surface area contributed by atoms with E-state index in [1.807, 2.05) is 50.5 Å². The number of nitrogen functional groups attached to an aromatic ring is 1. The number of hydrogen-bond donors (Lipinski definition) is 3. The molecule has 0 spiro atoms. The van der Waals surface area contributed by atoms with Gasteiger partial charge >= 0.3 is 0 Å². The van der Waals surface area contributed by atoms with Gasteiger partial charge in [-0.2, -0.15) is 10.2 Å². The number of β-amino-alcohol motifs (C(OH)–C–C–N with tert-alkyl or cyclic N) is 1. The van der Waals surface area contributed by atoms with Crippen molar-refractivity contribution in [2.24, 2.45) is 5.92 Å². The molecule has 18 nitrogen and oxygen atoms in total. The van der Waals surface area contributed by atoms with Crippen molar-refractivity contribution in [1.29, 1.82) is 5.26 Å². The van der Waals surface area contributed by atoms with E-state index in [0.717, 1.165) is 96.8 Å². The van der Waals surface area contributed by atoms with Gasteiger partial charge in [-0.3, -0.25) is 9.59 Å². The molecule has 0 saturated carbocycles. The third-order valence-corrected chi connectivity index (χ3v) is 15.9. The third-order valence-electron chi connectivity index (χ3n) is 13.9. The number of unbranched alkanes of at least 4 members (excludes halogenated alkanes) is 1. The molecule has 70 heavy (non-hydrogen) atoms. The molecule has 368 valence electrons. The zero-order chi connectivity index (χ0) is 49.1. The van der Waals surface area contributed by atoms with Crippen molar-refractivity contribution in [3.05, 3.63) is 87.0 Å². The molecule has 1 aliphatic carbocycles. The van der Waals surface area contributed by atoms with Crippen LogP contribution < -0.4 is 20.7 Å². The quantitative estimate of drug-likeness (QED) is 0.0838. The molecule has 6 aromatic rings. The number of aliphatic hydroxyl groups is 1. The van der Waals surface area contributed by atoms with E-state index in [1.54, 1.807) is 29.7 Å². The Labute approximate surface area is 415 Å². The SMILES string of the molecule is Cc1ncsc1-c1ccc(CNC(=O)[C@@H]2C[C@@H](O)CN2C(=O)[C@@H](c2cc(OCCCCN3CCCN(c4nccc(-c5noc([C@@]6(C)CCCc7sc(N)c(C#N)c76)n5)n4)[C@@H](C)C3)no2)C(C)C)cc1. The van der Waals surface area contributed by atoms with Crippen LogP contribution in [0.1, 0.15) is 111 Å². The molecule has 2 aliphatic heterocycles. The summed E-state index contributed by atoms with van der Waals surface area (Å²) in [7, 11) is 0. The van der Waals surface area contributed by atoms with Crippen LogP contribution in [0.25, 0.3) is 22.0 Å². The minimum Gasteiger partial charge on any atom is -0.476 e. The first kappa shape index (κ1) is 48.7. The van der Waals surface area contributed by atoms with Crippen LogP contribution in [-0.4, -0.2) is 114 Å². The van der Waals surface area contributed by atoms with Crippen molar-refractivity contribution in [3.63, 3.8) is 0 Å². The fourth-order valence-electron chi connectivity index (χ4n) is 10.2. The van der Waals surface area contributed by atoms with E-state index >= 15 is 0 Å². The molecular formula is C50H60N12O6S2. The van der Waals surface area contributed by atoms with Gasteiger partial charge < -0.3 is 44.6 Å². The van der Waals surface area contributed by atoms with Gasteiger partial charge in [0, 0.05) is 61.3 Å². The molecule has 0 bridgehead atoms. The zero-order valence-electron chi connectivity index (χ0n) is 40.3. The van der Waals surface area contributed by atoms with Crippen molar-refractivity contribution < 1.29 is 28.5 Å². The average molecular weight is 989 g/mol. The Morgan fingerprint density at radius 2 is 1.91 bits per heavy atom. The van der Waals surface area contributed by atoms with Crippen LogP contribution in [-0.2, 0) is 28.0 Å². The highest BCUT2D eigenvalue weighted by Crippen LogP contribution is 2.48. The molecule has 2 saturated heterocycles. The van der Waals surface area contributed by atoms with Crippen molar-refractivity contribution >= 4 is 45.4 Å². The first-order valence-electron chi connectivity index (χ1n) is 24.1. The van der Waals surface area contributed by atoms with Gasteiger partial charge in [0.2, 0.25) is 29.5 Å². The summed E-state index contributed by atoms with van der Waals surface area (Å²) < 4.78 is 17.6. The number of nitrogens with one attached hydrogen (secondary N) is 1. The Bertz CT molecular complexity index is 2830. The van der Waals surface area contributed by atoms with Crippen LogP contribution in [0, 0.1) is 24.2 Å². The number of nitrogens with zero attached hydrogens (tertiary/aromatic N) is 10. The van der Waals surface area contributed by atoms with Crippen molar-refractivity contribution in [1.82, 2.24) is 45.4 Å². The number of aromatic nitrogens is 6. The monoisotopic (exact) mass is 988 g/mol. The largest absolute Gasteiger partial charge is 0.476 e. The van der Waals surface area contributed by atoms with Crippen molar-refractivity contribution in [3.8, 4) is 33.9 Å². The summed E-state index contributed by atoms with van der Waals surface area (Å²) in [5.41, 5.74) is 12.4. The molecule has 2 fully saturated rings. The second kappa shape index (κ2) is 21.0. The van der Waals surface area contributed by atoms with Gasteiger partial charge in [-0.05, 0) is 101 Å². The summed E-state index contributed by atoms with van der Waals surface area (Å²) in [6.07, 6.45) is 6.28. The number of carbonyl (C=O) groups excluding carboxylic acids is 2. The minimum absolute atomic E-state index is 0.0540. The molecule has 4 N–H and O–H groups in total. The fourth-order valence-corrected chi connectivity index (χ4v) is 12.2. The zero-order valence-corrected chi connectivity index (χ0v) is 41.9. The number of aliphatic hydroxyl groups excluding tert-OH is 1. The highest BCUT2D eigenvalue weighted by atomic mass is 32.1. The lowest BCUT2D eigenvalue weighted by Gasteiger charge is -2.30. The minimum atomic E-state index is -0.821. The molecule has 7 heterocycles. The number of ether oxygens (including phenoxy) is 1. The topological polar surface area (TPSA) is 239 Å². The lowest BCUT2D eigenvalue weighted by Crippen LogP contribution is -2.48. The highest BCUT2D eigenvalue weighted by Gasteiger charge is 2.45. The van der Waals surface area contributed by atoms with E-state index in [1.165, 1.54) is 16.2 Å². The summed E-state index contributed by atoms with van der Waals surface area (Å²) in [6, 6.07) is 13.1. The summed E-state index contributed by atoms with van der Waals surface area (Å²) in [5, 5.41) is 32.6. The van der Waals surface area contributed by atoms with Gasteiger partial charge in [-0.1, -0.05) is 43.3 Å². The molecule has 0 radical (unpaired) electrons. The number of hydrogen-bond acceptors (Lipinski definition) is 18. The lowest BCUT2D eigenvalue weighted by atomic mass is 9.72. The Hall–Kier alpha value is -6.27. The predicted molar refractivity (Wildman–Crippen MR) is 265 cm³/mol. The third kappa shape index (κ3) is 10.2. The van der Waals surface area contributed by atoms with Crippen LogP contribution >= 0.6 is 22.7 Å². The van der Waals surface area contributed by atoms with E-state index in [9.17, 15) is 20.0 Å². The molecule has 1 aromatic carbocycles. The Morgan fingerprint density at radius 3 is 2.69 bits per heavy atom. The first-order chi connectivity index (χ1) is 33.8. The van der Waals surface area contributed by atoms with E-state index in [-0.39, 0.29) is 36.7 Å². The second-order valence-electron chi connectivity index (χ2n) is 19.2. The van der Waals surface area contributed by atoms with Gasteiger partial charge in [-0.15, -0.1) is 22.7 Å². The number of benzene rings is 1. The highest BCUT2D eigenvalue weighted by molar-refractivity contribution is 7.16. The number of likely N-dealkylation sites (tertiary alicyclic amines) is 1. The van der Waals surface area contributed by atoms with Gasteiger partial charge in [0.15, 0.2) is 5.76 Å². The summed E-state index contributed by atoms with van der Waals surface area (Å²) >= 11 is 3.06. The molecule has 3 aliphatic rings. The van der Waals surface area contributed by atoms with Crippen molar-refractivity contribution in [2.75, 3.05) is 50.0 Å². The van der Waals surface area contributed by atoms with Crippen LogP contribution in [0.4, 0.5) is 10.9 Å². The number of thiazole rings is 1. The van der Waals surface area contributed by atoms with E-state index in [4.69, 9.17) is 29.5 Å². The van der Waals surface area contributed by atoms with Crippen LogP contribution in [0.2, 0.25) is 0 Å². The Balaban J connectivity index is 0.744. The number of aryl methyl sites for hydroxylation is 2. The number of thiophene rings is 1. The molecule has 5 aromatic heterocycles. The summed E-state index contributed by atoms with van der Waals surface area (Å²) in [4.78, 5) is 54.8. The van der Waals surface area contributed by atoms with Crippen LogP contribution in [0.5, 0.6) is 5.88 Å². The normalized spacial score (nSPS) is 21.1. The number of nitrogens with two attached hydrogens (primary N) is 1. The van der Waals surface area contributed by atoms with Crippen molar-refractivity contribution in [2.45, 2.75) is 116 Å². The number of carbonyl (C=O) groups is 2. The fraction of sp³-hybridized carbons (Fsp3) is 0.500. The lowest BCUT2D eigenvalue weighted by molar-refractivity contribution is -0.141. The maximum absolute atomic E-state index is 14.2. The first-order valence-corrected chi connectivity index (χ1v) is 25.8. The number of amides is 2. The molecule has 5 atom stereocenters. The van der Waals surface area contributed by atoms with Gasteiger partial charge in [0.1, 0.15) is 28.7 Å².